The fourth-order valence-electron chi connectivity index (χ4n) is 5.53. The van der Waals surface area contributed by atoms with E-state index < -0.39 is 11.9 Å². The van der Waals surface area contributed by atoms with Crippen LogP contribution in [0.15, 0.2) is 77.5 Å². The van der Waals surface area contributed by atoms with Crippen LogP contribution in [0, 0.1) is 0 Å². The van der Waals surface area contributed by atoms with Crippen molar-refractivity contribution in [1.82, 2.24) is 20.1 Å². The Balaban J connectivity index is 1.44. The fraction of sp³-hybridized carbons (Fsp3) is 0.414. The van der Waals surface area contributed by atoms with Gasteiger partial charge in [0.2, 0.25) is 6.41 Å². The average Bonchev–Trinajstić information content (AvgIpc) is 2.92. The van der Waals surface area contributed by atoms with E-state index >= 15 is 0 Å². The molecule has 2 aromatic rings. The molecular formula is C29H36N4O3. The van der Waals surface area contributed by atoms with Gasteiger partial charge in [-0.1, -0.05) is 30.3 Å². The van der Waals surface area contributed by atoms with Gasteiger partial charge in [-0.15, -0.1) is 0 Å². The molecule has 0 spiro atoms. The zero-order valence-electron chi connectivity index (χ0n) is 21.4. The van der Waals surface area contributed by atoms with Crippen LogP contribution in [-0.4, -0.2) is 60.5 Å². The topological polar surface area (TPSA) is 74.8 Å². The number of carbonyl (C=O) groups excluding carboxylic acids is 2. The number of amides is 1. The number of rotatable bonds is 9. The number of ether oxygens (including phenoxy) is 1. The lowest BCUT2D eigenvalue weighted by Gasteiger charge is -2.36. The van der Waals surface area contributed by atoms with Crippen LogP contribution >= 0.6 is 0 Å². The molecule has 190 valence electrons. The largest absolute Gasteiger partial charge is 0.466 e. The summed E-state index contributed by atoms with van der Waals surface area (Å²) in [5.74, 6) is -0.185. The van der Waals surface area contributed by atoms with Gasteiger partial charge in [0, 0.05) is 30.3 Å². The number of methoxy groups -OCH3 is 1. The van der Waals surface area contributed by atoms with Gasteiger partial charge in [0.1, 0.15) is 0 Å². The second-order valence-corrected chi connectivity index (χ2v) is 9.56. The summed E-state index contributed by atoms with van der Waals surface area (Å²) in [7, 11) is 1.38. The molecule has 0 radical (unpaired) electrons. The third-order valence-corrected chi connectivity index (χ3v) is 7.34. The first kappa shape index (κ1) is 25.6. The molecule has 1 fully saturated rings. The van der Waals surface area contributed by atoms with Crippen LogP contribution in [0.4, 0.5) is 0 Å². The second-order valence-electron chi connectivity index (χ2n) is 9.56. The summed E-state index contributed by atoms with van der Waals surface area (Å²) < 4.78 is 5.12. The van der Waals surface area contributed by atoms with E-state index in [1.165, 1.54) is 12.7 Å². The van der Waals surface area contributed by atoms with E-state index in [2.05, 4.69) is 45.5 Å². The molecule has 1 amide bonds. The van der Waals surface area contributed by atoms with Crippen molar-refractivity contribution in [1.29, 1.82) is 0 Å². The lowest BCUT2D eigenvalue weighted by Crippen LogP contribution is -2.38. The quantitative estimate of drug-likeness (QED) is 0.422. The molecule has 1 aromatic carbocycles. The van der Waals surface area contributed by atoms with Gasteiger partial charge in [0.15, 0.2) is 0 Å². The van der Waals surface area contributed by atoms with Crippen LogP contribution in [0.2, 0.25) is 0 Å². The number of nitrogens with zero attached hydrogens (tertiary/aromatic N) is 3. The summed E-state index contributed by atoms with van der Waals surface area (Å²) in [6.07, 6.45) is 7.47. The van der Waals surface area contributed by atoms with Gasteiger partial charge in [0.25, 0.3) is 0 Å². The number of carbonyl (C=O) groups is 2. The molecule has 2 aliphatic heterocycles. The number of benzene rings is 1. The van der Waals surface area contributed by atoms with Gasteiger partial charge < -0.3 is 19.9 Å². The molecule has 7 heteroatoms. The smallest absolute Gasteiger partial charge is 0.336 e. The fourth-order valence-corrected chi connectivity index (χ4v) is 5.53. The van der Waals surface area contributed by atoms with Crippen molar-refractivity contribution in [3.8, 4) is 0 Å². The molecule has 1 saturated heterocycles. The monoisotopic (exact) mass is 488 g/mol. The highest BCUT2D eigenvalue weighted by molar-refractivity contribution is 5.92. The third kappa shape index (κ3) is 5.68. The van der Waals surface area contributed by atoms with E-state index in [1.54, 1.807) is 17.3 Å². The maximum Gasteiger partial charge on any atom is 0.336 e. The van der Waals surface area contributed by atoms with Crippen molar-refractivity contribution in [2.75, 3.05) is 33.3 Å². The van der Waals surface area contributed by atoms with Crippen molar-refractivity contribution in [3.63, 3.8) is 0 Å². The zero-order chi connectivity index (χ0) is 25.5. The normalized spacial score (nSPS) is 19.1. The molecule has 1 aromatic heterocycles. The molecule has 1 atom stereocenters. The molecule has 1 N–H and O–H groups in total. The number of piperidine rings is 1. The van der Waals surface area contributed by atoms with Crippen molar-refractivity contribution in [2.24, 2.45) is 0 Å². The number of hydrogen-bond acceptors (Lipinski definition) is 6. The van der Waals surface area contributed by atoms with Gasteiger partial charge in [-0.05, 0) is 81.9 Å². The van der Waals surface area contributed by atoms with Gasteiger partial charge in [-0.25, -0.2) is 4.79 Å². The Morgan fingerprint density at radius 1 is 1.08 bits per heavy atom. The summed E-state index contributed by atoms with van der Waals surface area (Å²) in [5, 5.41) is 3.30. The average molecular weight is 489 g/mol. The van der Waals surface area contributed by atoms with Crippen molar-refractivity contribution < 1.29 is 14.3 Å². The predicted molar refractivity (Wildman–Crippen MR) is 140 cm³/mol. The molecule has 36 heavy (non-hydrogen) atoms. The molecule has 0 saturated carbocycles. The minimum Gasteiger partial charge on any atom is -0.466 e. The van der Waals surface area contributed by atoms with Crippen molar-refractivity contribution in [2.45, 2.75) is 44.9 Å². The first-order valence-corrected chi connectivity index (χ1v) is 12.7. The van der Waals surface area contributed by atoms with Crippen LogP contribution in [0.25, 0.3) is 0 Å². The summed E-state index contributed by atoms with van der Waals surface area (Å²) >= 11 is 0. The Morgan fingerprint density at radius 2 is 1.78 bits per heavy atom. The molecule has 2 aliphatic rings. The number of pyridine rings is 1. The molecule has 7 nitrogen and oxygen atoms in total. The number of aromatic nitrogens is 1. The van der Waals surface area contributed by atoms with Crippen LogP contribution in [0.1, 0.15) is 56.1 Å². The molecular weight excluding hydrogens is 452 g/mol. The molecule has 3 heterocycles. The van der Waals surface area contributed by atoms with E-state index in [4.69, 9.17) is 4.74 Å². The second kappa shape index (κ2) is 12.0. The van der Waals surface area contributed by atoms with Gasteiger partial charge in [0.05, 0.1) is 24.3 Å². The van der Waals surface area contributed by atoms with Crippen molar-refractivity contribution >= 4 is 12.4 Å². The zero-order valence-corrected chi connectivity index (χ0v) is 21.4. The number of likely N-dealkylation sites (tertiary alicyclic amines) is 1. The summed E-state index contributed by atoms with van der Waals surface area (Å²) in [5.41, 5.74) is 5.22. The summed E-state index contributed by atoms with van der Waals surface area (Å²) in [6, 6.07) is 14.5. The van der Waals surface area contributed by atoms with E-state index in [0.717, 1.165) is 68.0 Å². The third-order valence-electron chi connectivity index (χ3n) is 7.34. The Bertz CT molecular complexity index is 1110. The predicted octanol–water partition coefficient (Wildman–Crippen LogP) is 4.18. The molecule has 1 unspecified atom stereocenters. The summed E-state index contributed by atoms with van der Waals surface area (Å²) in [4.78, 5) is 33.5. The molecule has 0 aliphatic carbocycles. The lowest BCUT2D eigenvalue weighted by atomic mass is 9.83. The van der Waals surface area contributed by atoms with E-state index in [1.807, 2.05) is 26.0 Å². The van der Waals surface area contributed by atoms with Crippen LogP contribution in [0.3, 0.4) is 0 Å². The first-order valence-electron chi connectivity index (χ1n) is 12.7. The van der Waals surface area contributed by atoms with E-state index in [9.17, 15) is 9.59 Å². The van der Waals surface area contributed by atoms with Gasteiger partial charge in [-0.2, -0.15) is 0 Å². The molecule has 4 rings (SSSR count). The van der Waals surface area contributed by atoms with Crippen LogP contribution in [0.5, 0.6) is 0 Å². The van der Waals surface area contributed by atoms with E-state index in [0.29, 0.717) is 18.0 Å². The number of hydrogen-bond donors (Lipinski definition) is 1. The van der Waals surface area contributed by atoms with Crippen LogP contribution < -0.4 is 5.32 Å². The minimum atomic E-state index is -0.409. The Kier molecular flexibility index (Phi) is 8.54. The first-order chi connectivity index (χ1) is 17.5. The maximum atomic E-state index is 12.8. The van der Waals surface area contributed by atoms with E-state index in [-0.39, 0.29) is 0 Å². The van der Waals surface area contributed by atoms with Gasteiger partial charge in [-0.3, -0.25) is 9.78 Å². The molecule has 0 bridgehead atoms. The maximum absolute atomic E-state index is 12.8. The van der Waals surface area contributed by atoms with Gasteiger partial charge >= 0.3 is 5.97 Å². The number of esters is 1. The Hall–Kier alpha value is -3.45. The number of allylic oxidation sites excluding steroid dienone is 3. The SMILES string of the molecule is COC(=O)C1=C(C)NC(C)=C(N(C=O)CCCN2CCC(c3ccccc3)CC2)C1c1ccncc1. The lowest BCUT2D eigenvalue weighted by molar-refractivity contribution is -0.136. The Morgan fingerprint density at radius 3 is 2.42 bits per heavy atom. The Labute approximate surface area is 213 Å². The van der Waals surface area contributed by atoms with Crippen molar-refractivity contribution in [3.05, 3.63) is 88.6 Å². The number of dihydropyridines is 1. The number of nitrogens with one attached hydrogen (secondary N) is 1. The van der Waals surface area contributed by atoms with Crippen LogP contribution in [-0.2, 0) is 14.3 Å². The highest BCUT2D eigenvalue weighted by Gasteiger charge is 2.36. The summed E-state index contributed by atoms with van der Waals surface area (Å²) in [6.45, 7) is 7.46. The standard InChI is InChI=1S/C29H36N4O3/c1-21-26(29(35)36-3)27(25-10-14-30-15-11-25)28(22(2)31-21)33(20-34)17-7-16-32-18-12-24(13-19-32)23-8-5-4-6-9-23/h4-6,8-11,14-15,20,24,27,31H,7,12-13,16-19H2,1-3H3. The highest BCUT2D eigenvalue weighted by Crippen LogP contribution is 2.39. The highest BCUT2D eigenvalue weighted by atomic mass is 16.5. The minimum absolute atomic E-state index is 0.404.